The highest BCUT2D eigenvalue weighted by atomic mass is 16.3. The maximum absolute atomic E-state index is 12.6. The summed E-state index contributed by atoms with van der Waals surface area (Å²) < 4.78 is 0. The molecule has 5 heteroatoms. The fraction of sp³-hybridized carbons (Fsp3) is 0.650. The predicted octanol–water partition coefficient (Wildman–Crippen LogP) is 1.47. The summed E-state index contributed by atoms with van der Waals surface area (Å²) in [4.78, 5) is 17.1. The Balaban J connectivity index is 1.45. The van der Waals surface area contributed by atoms with Gasteiger partial charge in [-0.1, -0.05) is 37.3 Å². The van der Waals surface area contributed by atoms with E-state index in [1.165, 1.54) is 5.56 Å². The van der Waals surface area contributed by atoms with Crippen LogP contribution >= 0.6 is 0 Å². The first kappa shape index (κ1) is 18.4. The standard InChI is InChI=1S/C20H31N3O2/c1-15-8-11-23(14-19(15)24)16(2)20(25)21-18-9-10-22(13-18)12-17-6-4-3-5-7-17/h3-7,15-16,18-19,24H,8-14H2,1-2H3,(H,21,25). The number of amides is 1. The number of hydrogen-bond acceptors (Lipinski definition) is 4. The van der Waals surface area contributed by atoms with Gasteiger partial charge in [-0.2, -0.15) is 0 Å². The van der Waals surface area contributed by atoms with Gasteiger partial charge in [-0.25, -0.2) is 0 Å². The number of rotatable bonds is 5. The van der Waals surface area contributed by atoms with Crippen molar-refractivity contribution in [2.45, 2.75) is 51.4 Å². The Bertz CT molecular complexity index is 565. The zero-order valence-corrected chi connectivity index (χ0v) is 15.4. The first-order valence-electron chi connectivity index (χ1n) is 9.51. The lowest BCUT2D eigenvalue weighted by molar-refractivity contribution is -0.128. The molecule has 3 rings (SSSR count). The van der Waals surface area contributed by atoms with Crippen LogP contribution in [-0.4, -0.2) is 65.2 Å². The van der Waals surface area contributed by atoms with Crippen LogP contribution < -0.4 is 5.32 Å². The van der Waals surface area contributed by atoms with E-state index in [0.717, 1.165) is 39.0 Å². The Morgan fingerprint density at radius 3 is 2.72 bits per heavy atom. The molecule has 1 aromatic rings. The lowest BCUT2D eigenvalue weighted by Gasteiger charge is -2.37. The van der Waals surface area contributed by atoms with Crippen molar-refractivity contribution in [2.75, 3.05) is 26.2 Å². The molecule has 4 atom stereocenters. The molecule has 2 heterocycles. The number of hydrogen-bond donors (Lipinski definition) is 2. The summed E-state index contributed by atoms with van der Waals surface area (Å²) in [7, 11) is 0. The second-order valence-electron chi connectivity index (χ2n) is 7.72. The smallest absolute Gasteiger partial charge is 0.237 e. The average molecular weight is 345 g/mol. The molecule has 4 unspecified atom stereocenters. The molecule has 0 aliphatic carbocycles. The molecule has 0 spiro atoms. The van der Waals surface area contributed by atoms with Gasteiger partial charge in [0, 0.05) is 32.2 Å². The number of aliphatic hydroxyl groups excluding tert-OH is 1. The fourth-order valence-corrected chi connectivity index (χ4v) is 3.85. The van der Waals surface area contributed by atoms with E-state index in [1.54, 1.807) is 0 Å². The molecule has 2 aliphatic heterocycles. The van der Waals surface area contributed by atoms with E-state index < -0.39 is 0 Å². The lowest BCUT2D eigenvalue weighted by Crippen LogP contribution is -2.53. The number of nitrogens with one attached hydrogen (secondary N) is 1. The summed E-state index contributed by atoms with van der Waals surface area (Å²) in [6.07, 6.45) is 1.63. The first-order chi connectivity index (χ1) is 12.0. The molecule has 2 aliphatic rings. The van der Waals surface area contributed by atoms with E-state index in [-0.39, 0.29) is 24.1 Å². The van der Waals surface area contributed by atoms with Gasteiger partial charge >= 0.3 is 0 Å². The van der Waals surface area contributed by atoms with Crippen LogP contribution in [0.5, 0.6) is 0 Å². The Morgan fingerprint density at radius 1 is 1.24 bits per heavy atom. The van der Waals surface area contributed by atoms with Gasteiger partial charge < -0.3 is 10.4 Å². The third kappa shape index (κ3) is 4.81. The Kier molecular flexibility index (Phi) is 6.10. The summed E-state index contributed by atoms with van der Waals surface area (Å²) in [5, 5.41) is 13.3. The molecular weight excluding hydrogens is 314 g/mol. The van der Waals surface area contributed by atoms with Gasteiger partial charge in [-0.3, -0.25) is 14.6 Å². The van der Waals surface area contributed by atoms with Gasteiger partial charge in [0.15, 0.2) is 0 Å². The van der Waals surface area contributed by atoms with Crippen molar-refractivity contribution in [3.8, 4) is 0 Å². The molecule has 0 bridgehead atoms. The van der Waals surface area contributed by atoms with Crippen molar-refractivity contribution in [3.05, 3.63) is 35.9 Å². The van der Waals surface area contributed by atoms with Gasteiger partial charge in [-0.05, 0) is 37.8 Å². The van der Waals surface area contributed by atoms with E-state index in [1.807, 2.05) is 13.0 Å². The molecule has 2 fully saturated rings. The molecule has 138 valence electrons. The zero-order valence-electron chi connectivity index (χ0n) is 15.4. The minimum absolute atomic E-state index is 0.0910. The van der Waals surface area contributed by atoms with Crippen molar-refractivity contribution in [1.82, 2.24) is 15.1 Å². The van der Waals surface area contributed by atoms with E-state index in [2.05, 4.69) is 46.3 Å². The largest absolute Gasteiger partial charge is 0.392 e. The molecule has 0 saturated carbocycles. The number of β-amino-alcohol motifs (C(OH)–C–C–N with tert-alkyl or cyclic N) is 1. The van der Waals surface area contributed by atoms with Gasteiger partial charge in [0.2, 0.25) is 5.91 Å². The van der Waals surface area contributed by atoms with Crippen molar-refractivity contribution in [2.24, 2.45) is 5.92 Å². The van der Waals surface area contributed by atoms with Crippen molar-refractivity contribution >= 4 is 5.91 Å². The van der Waals surface area contributed by atoms with E-state index in [0.29, 0.717) is 12.5 Å². The maximum atomic E-state index is 12.6. The van der Waals surface area contributed by atoms with Gasteiger partial charge in [0.25, 0.3) is 0 Å². The van der Waals surface area contributed by atoms with E-state index in [9.17, 15) is 9.90 Å². The molecule has 5 nitrogen and oxygen atoms in total. The molecule has 2 N–H and O–H groups in total. The zero-order chi connectivity index (χ0) is 17.8. The minimum atomic E-state index is -0.322. The van der Waals surface area contributed by atoms with Crippen molar-refractivity contribution in [3.63, 3.8) is 0 Å². The number of benzene rings is 1. The summed E-state index contributed by atoms with van der Waals surface area (Å²) in [5.41, 5.74) is 1.32. The van der Waals surface area contributed by atoms with Crippen molar-refractivity contribution in [1.29, 1.82) is 0 Å². The quantitative estimate of drug-likeness (QED) is 0.849. The van der Waals surface area contributed by atoms with Crippen LogP contribution in [0.1, 0.15) is 32.3 Å². The van der Waals surface area contributed by atoms with Gasteiger partial charge in [-0.15, -0.1) is 0 Å². The second-order valence-corrected chi connectivity index (χ2v) is 7.72. The Hall–Kier alpha value is -1.43. The summed E-state index contributed by atoms with van der Waals surface area (Å²) in [5.74, 6) is 0.418. The Labute approximate surface area is 151 Å². The third-order valence-corrected chi connectivity index (χ3v) is 5.75. The van der Waals surface area contributed by atoms with Crippen LogP contribution in [0.2, 0.25) is 0 Å². The van der Waals surface area contributed by atoms with Gasteiger partial charge in [0.05, 0.1) is 12.1 Å². The lowest BCUT2D eigenvalue weighted by atomic mass is 9.95. The highest BCUT2D eigenvalue weighted by Crippen LogP contribution is 2.19. The second kappa shape index (κ2) is 8.30. The number of carbonyl (C=O) groups excluding carboxylic acids is 1. The normalized spacial score (nSPS) is 29.5. The summed E-state index contributed by atoms with van der Waals surface area (Å²) >= 11 is 0. The summed E-state index contributed by atoms with van der Waals surface area (Å²) in [6, 6.07) is 10.5. The number of nitrogens with zero attached hydrogens (tertiary/aromatic N) is 2. The van der Waals surface area contributed by atoms with E-state index >= 15 is 0 Å². The van der Waals surface area contributed by atoms with Gasteiger partial charge in [0.1, 0.15) is 0 Å². The highest BCUT2D eigenvalue weighted by molar-refractivity contribution is 5.81. The van der Waals surface area contributed by atoms with Crippen LogP contribution in [0, 0.1) is 5.92 Å². The topological polar surface area (TPSA) is 55.8 Å². The SMILES string of the molecule is CC1CCN(C(C)C(=O)NC2CCN(Cc3ccccc3)C2)CC1O. The number of carbonyl (C=O) groups is 1. The predicted molar refractivity (Wildman–Crippen MR) is 99.1 cm³/mol. The van der Waals surface area contributed by atoms with Crippen LogP contribution in [0.25, 0.3) is 0 Å². The molecule has 25 heavy (non-hydrogen) atoms. The molecule has 2 saturated heterocycles. The Morgan fingerprint density at radius 2 is 2.00 bits per heavy atom. The van der Waals surface area contributed by atoms with Crippen molar-refractivity contribution < 1.29 is 9.90 Å². The minimum Gasteiger partial charge on any atom is -0.392 e. The molecule has 1 amide bonds. The highest BCUT2D eigenvalue weighted by Gasteiger charge is 2.32. The number of piperidine rings is 1. The molecule has 1 aromatic carbocycles. The van der Waals surface area contributed by atoms with Crippen LogP contribution in [0.3, 0.4) is 0 Å². The maximum Gasteiger partial charge on any atom is 0.237 e. The number of aliphatic hydroxyl groups is 1. The third-order valence-electron chi connectivity index (χ3n) is 5.75. The van der Waals surface area contributed by atoms with Crippen LogP contribution in [0.4, 0.5) is 0 Å². The molecular formula is C20H31N3O2. The molecule has 0 aromatic heterocycles. The van der Waals surface area contributed by atoms with Crippen LogP contribution in [-0.2, 0) is 11.3 Å². The summed E-state index contributed by atoms with van der Waals surface area (Å²) in [6.45, 7) is 8.39. The van der Waals surface area contributed by atoms with E-state index in [4.69, 9.17) is 0 Å². The molecule has 0 radical (unpaired) electrons. The monoisotopic (exact) mass is 345 g/mol. The number of likely N-dealkylation sites (tertiary alicyclic amines) is 2. The average Bonchev–Trinajstić information content (AvgIpc) is 3.04. The van der Waals surface area contributed by atoms with Crippen LogP contribution in [0.15, 0.2) is 30.3 Å². The first-order valence-corrected chi connectivity index (χ1v) is 9.51. The fourth-order valence-electron chi connectivity index (χ4n) is 3.85.